The van der Waals surface area contributed by atoms with Crippen molar-refractivity contribution in [3.63, 3.8) is 0 Å². The zero-order valence-corrected chi connectivity index (χ0v) is 14.8. The van der Waals surface area contributed by atoms with E-state index in [4.69, 9.17) is 0 Å². The Morgan fingerprint density at radius 1 is 1.32 bits per heavy atom. The Bertz CT molecular complexity index is 859. The van der Waals surface area contributed by atoms with Crippen LogP contribution in [0.5, 0.6) is 0 Å². The zero-order chi connectivity index (χ0) is 17.8. The van der Waals surface area contributed by atoms with Crippen molar-refractivity contribution in [2.45, 2.75) is 33.4 Å². The van der Waals surface area contributed by atoms with Crippen LogP contribution in [0.1, 0.15) is 36.8 Å². The van der Waals surface area contributed by atoms with Crippen molar-refractivity contribution in [3.05, 3.63) is 65.9 Å². The van der Waals surface area contributed by atoms with Crippen molar-refractivity contribution in [1.29, 1.82) is 0 Å². The molecule has 0 saturated carbocycles. The Kier molecular flexibility index (Phi) is 4.97. The third kappa shape index (κ3) is 3.63. The first-order valence-corrected chi connectivity index (χ1v) is 8.48. The summed E-state index contributed by atoms with van der Waals surface area (Å²) in [6.07, 6.45) is 5.50. The first-order chi connectivity index (χ1) is 12.1. The molecule has 0 spiro atoms. The fourth-order valence-electron chi connectivity index (χ4n) is 2.95. The zero-order valence-electron chi connectivity index (χ0n) is 14.8. The molecule has 0 unspecified atom stereocenters. The summed E-state index contributed by atoms with van der Waals surface area (Å²) in [4.78, 5) is 23.1. The number of pyridine rings is 2. The highest BCUT2D eigenvalue weighted by Crippen LogP contribution is 2.19. The quantitative estimate of drug-likeness (QED) is 0.777. The molecule has 25 heavy (non-hydrogen) atoms. The van der Waals surface area contributed by atoms with Gasteiger partial charge in [0.25, 0.3) is 0 Å². The lowest BCUT2D eigenvalue weighted by atomic mass is 10.1. The van der Waals surface area contributed by atoms with Crippen molar-refractivity contribution in [2.75, 3.05) is 6.54 Å². The summed E-state index contributed by atoms with van der Waals surface area (Å²) < 4.78 is 2.03. The van der Waals surface area contributed by atoms with Gasteiger partial charge in [0.05, 0.1) is 18.3 Å². The molecule has 3 aromatic rings. The highest BCUT2D eigenvalue weighted by atomic mass is 16.2. The van der Waals surface area contributed by atoms with Gasteiger partial charge in [0.2, 0.25) is 0 Å². The molecule has 3 rings (SSSR count). The SMILES string of the molecule is CCN(C(=O)NCc1cn2c(C)cccc2n1)[C@@H](C)c1cccnc1. The second-order valence-corrected chi connectivity index (χ2v) is 6.03. The van der Waals surface area contributed by atoms with Crippen LogP contribution in [0.15, 0.2) is 48.9 Å². The van der Waals surface area contributed by atoms with E-state index in [1.165, 1.54) is 0 Å². The smallest absolute Gasteiger partial charge is 0.318 e. The third-order valence-corrected chi connectivity index (χ3v) is 4.40. The van der Waals surface area contributed by atoms with Gasteiger partial charge in [-0.15, -0.1) is 0 Å². The van der Waals surface area contributed by atoms with Crippen LogP contribution in [0.4, 0.5) is 4.79 Å². The van der Waals surface area contributed by atoms with Crippen molar-refractivity contribution in [1.82, 2.24) is 24.6 Å². The molecule has 0 saturated heterocycles. The number of hydrogen-bond acceptors (Lipinski definition) is 3. The normalized spacial score (nSPS) is 12.1. The number of aromatic nitrogens is 3. The van der Waals surface area contributed by atoms with Crippen LogP contribution in [-0.2, 0) is 6.54 Å². The predicted octanol–water partition coefficient (Wildman–Crippen LogP) is 3.33. The summed E-state index contributed by atoms with van der Waals surface area (Å²) in [5.41, 5.74) is 3.86. The monoisotopic (exact) mass is 337 g/mol. The molecule has 1 atom stereocenters. The minimum atomic E-state index is -0.104. The Hall–Kier alpha value is -2.89. The van der Waals surface area contributed by atoms with Crippen LogP contribution in [0.25, 0.3) is 5.65 Å². The van der Waals surface area contributed by atoms with Crippen molar-refractivity contribution in [2.24, 2.45) is 0 Å². The first-order valence-electron chi connectivity index (χ1n) is 8.48. The van der Waals surface area contributed by atoms with Gasteiger partial charge in [0.15, 0.2) is 0 Å². The summed E-state index contributed by atoms with van der Waals surface area (Å²) in [7, 11) is 0. The highest BCUT2D eigenvalue weighted by Gasteiger charge is 2.20. The van der Waals surface area contributed by atoms with E-state index in [1.807, 2.05) is 61.7 Å². The van der Waals surface area contributed by atoms with Gasteiger partial charge in [-0.1, -0.05) is 12.1 Å². The lowest BCUT2D eigenvalue weighted by Gasteiger charge is -2.28. The van der Waals surface area contributed by atoms with Crippen molar-refractivity contribution in [3.8, 4) is 0 Å². The fourth-order valence-corrected chi connectivity index (χ4v) is 2.95. The van der Waals surface area contributed by atoms with Crippen molar-refractivity contribution >= 4 is 11.7 Å². The van der Waals surface area contributed by atoms with Gasteiger partial charge in [-0.05, 0) is 44.5 Å². The van der Waals surface area contributed by atoms with Gasteiger partial charge in [-0.3, -0.25) is 4.98 Å². The molecule has 6 nitrogen and oxygen atoms in total. The third-order valence-electron chi connectivity index (χ3n) is 4.40. The first kappa shape index (κ1) is 17.0. The molecule has 6 heteroatoms. The number of carbonyl (C=O) groups is 1. The van der Waals surface area contributed by atoms with Gasteiger partial charge in [-0.25, -0.2) is 9.78 Å². The molecular formula is C19H23N5O. The Morgan fingerprint density at radius 3 is 2.84 bits per heavy atom. The van der Waals surface area contributed by atoms with E-state index in [-0.39, 0.29) is 12.1 Å². The molecule has 0 aliphatic carbocycles. The summed E-state index contributed by atoms with van der Waals surface area (Å²) in [6.45, 7) is 7.03. The number of aryl methyl sites for hydroxylation is 1. The summed E-state index contributed by atoms with van der Waals surface area (Å²) in [5, 5.41) is 2.97. The van der Waals surface area contributed by atoms with Gasteiger partial charge in [-0.2, -0.15) is 0 Å². The average molecular weight is 337 g/mol. The minimum absolute atomic E-state index is 0.0398. The van der Waals surface area contributed by atoms with E-state index in [9.17, 15) is 4.79 Å². The molecule has 1 N–H and O–H groups in total. The molecule has 0 bridgehead atoms. The van der Waals surface area contributed by atoms with E-state index >= 15 is 0 Å². The number of carbonyl (C=O) groups excluding carboxylic acids is 1. The lowest BCUT2D eigenvalue weighted by Crippen LogP contribution is -2.41. The number of nitrogens with one attached hydrogen (secondary N) is 1. The molecular weight excluding hydrogens is 314 g/mol. The lowest BCUT2D eigenvalue weighted by molar-refractivity contribution is 0.182. The van der Waals surface area contributed by atoms with Gasteiger partial charge < -0.3 is 14.6 Å². The second-order valence-electron chi connectivity index (χ2n) is 6.03. The Morgan fingerprint density at radius 2 is 2.16 bits per heavy atom. The second kappa shape index (κ2) is 7.34. The van der Waals surface area contributed by atoms with E-state index in [2.05, 4.69) is 15.3 Å². The van der Waals surface area contributed by atoms with E-state index in [0.29, 0.717) is 13.1 Å². The Balaban J connectivity index is 1.68. The molecule has 0 fully saturated rings. The summed E-state index contributed by atoms with van der Waals surface area (Å²) in [6, 6.07) is 9.70. The van der Waals surface area contributed by atoms with E-state index in [0.717, 1.165) is 22.6 Å². The standard InChI is InChI=1S/C19H23N5O/c1-4-23(15(3)16-8-6-10-20-11-16)19(25)21-12-17-13-24-14(2)7-5-9-18(24)22-17/h5-11,13,15H,4,12H2,1-3H3,(H,21,25)/t15-/m0/s1. The van der Waals surface area contributed by atoms with Crippen LogP contribution in [0, 0.1) is 6.92 Å². The number of fused-ring (bicyclic) bond motifs is 1. The number of rotatable bonds is 5. The van der Waals surface area contributed by atoms with Crippen LogP contribution < -0.4 is 5.32 Å². The van der Waals surface area contributed by atoms with E-state index in [1.54, 1.807) is 17.3 Å². The molecule has 3 heterocycles. The maximum absolute atomic E-state index is 12.6. The number of imidazole rings is 1. The molecule has 2 amide bonds. The van der Waals surface area contributed by atoms with E-state index < -0.39 is 0 Å². The molecule has 0 aromatic carbocycles. The maximum Gasteiger partial charge on any atom is 0.318 e. The summed E-state index contributed by atoms with van der Waals surface area (Å²) in [5.74, 6) is 0. The average Bonchev–Trinajstić information content (AvgIpc) is 3.06. The van der Waals surface area contributed by atoms with Crippen LogP contribution >= 0.6 is 0 Å². The Labute approximate surface area is 147 Å². The summed E-state index contributed by atoms with van der Waals surface area (Å²) >= 11 is 0. The number of nitrogens with zero attached hydrogens (tertiary/aromatic N) is 4. The van der Waals surface area contributed by atoms with Crippen LogP contribution in [0.2, 0.25) is 0 Å². The topological polar surface area (TPSA) is 62.5 Å². The predicted molar refractivity (Wildman–Crippen MR) is 97.2 cm³/mol. The minimum Gasteiger partial charge on any atom is -0.332 e. The number of urea groups is 1. The molecule has 130 valence electrons. The van der Waals surface area contributed by atoms with Crippen LogP contribution in [0.3, 0.4) is 0 Å². The highest BCUT2D eigenvalue weighted by molar-refractivity contribution is 5.74. The van der Waals surface area contributed by atoms with Crippen LogP contribution in [-0.4, -0.2) is 31.8 Å². The van der Waals surface area contributed by atoms with Gasteiger partial charge in [0, 0.05) is 30.8 Å². The molecule has 0 radical (unpaired) electrons. The fraction of sp³-hybridized carbons (Fsp3) is 0.316. The number of amides is 2. The van der Waals surface area contributed by atoms with Crippen molar-refractivity contribution < 1.29 is 4.79 Å². The maximum atomic E-state index is 12.6. The molecule has 0 aliphatic heterocycles. The molecule has 3 aromatic heterocycles. The largest absolute Gasteiger partial charge is 0.332 e. The van der Waals surface area contributed by atoms with Gasteiger partial charge >= 0.3 is 6.03 Å². The molecule has 0 aliphatic rings. The number of hydrogen-bond donors (Lipinski definition) is 1. The van der Waals surface area contributed by atoms with Gasteiger partial charge in [0.1, 0.15) is 5.65 Å².